The third kappa shape index (κ3) is 4.16. The lowest BCUT2D eigenvalue weighted by molar-refractivity contribution is 0.0633. The number of hydrogen-bond donors (Lipinski definition) is 1. The number of piperidine rings is 1. The minimum absolute atomic E-state index is 0.0304. The number of carbonyl (C=O) groups is 1. The molecule has 2 fully saturated rings. The molecule has 2 bridgehead atoms. The van der Waals surface area contributed by atoms with Gasteiger partial charge in [0.25, 0.3) is 5.91 Å². The molecular weight excluding hydrogens is 452 g/mol. The standard InChI is InChI=1S/C24H24N6OS2/c1-13(10-25)17-8-18-5-6-19(9-17)30(18)23(31)16-4-7-21(26-11-16)29-24-28-20(12-32-24)22-14(2)27-15(3)33-22/h4,7,11-12,18-19H,5-6,8-9H2,1-3H3,(H,26,28,29)/b17-13-/t18-,19+/m0/s1. The summed E-state index contributed by atoms with van der Waals surface area (Å²) in [6.07, 6.45) is 5.24. The monoisotopic (exact) mass is 476 g/mol. The molecule has 2 saturated heterocycles. The average molecular weight is 477 g/mol. The third-order valence-corrected chi connectivity index (χ3v) is 8.26. The summed E-state index contributed by atoms with van der Waals surface area (Å²) < 4.78 is 0. The van der Waals surface area contributed by atoms with Crippen molar-refractivity contribution in [2.24, 2.45) is 0 Å². The highest BCUT2D eigenvalue weighted by molar-refractivity contribution is 7.16. The van der Waals surface area contributed by atoms with E-state index in [1.807, 2.05) is 43.2 Å². The van der Waals surface area contributed by atoms with Crippen LogP contribution < -0.4 is 5.32 Å². The van der Waals surface area contributed by atoms with E-state index < -0.39 is 0 Å². The van der Waals surface area contributed by atoms with Crippen LogP contribution in [0.5, 0.6) is 0 Å². The minimum Gasteiger partial charge on any atom is -0.332 e. The van der Waals surface area contributed by atoms with Gasteiger partial charge in [-0.15, -0.1) is 22.7 Å². The first-order chi connectivity index (χ1) is 15.9. The Labute approximate surface area is 200 Å². The average Bonchev–Trinajstić information content (AvgIpc) is 3.48. The molecule has 1 amide bonds. The van der Waals surface area contributed by atoms with Crippen LogP contribution in [-0.2, 0) is 0 Å². The topological polar surface area (TPSA) is 94.8 Å². The summed E-state index contributed by atoms with van der Waals surface area (Å²) in [5.74, 6) is 0.684. The largest absolute Gasteiger partial charge is 0.332 e. The fourth-order valence-corrected chi connectivity index (χ4v) is 6.45. The van der Waals surface area contributed by atoms with Gasteiger partial charge in [-0.05, 0) is 58.6 Å². The van der Waals surface area contributed by atoms with Crippen LogP contribution in [0.2, 0.25) is 0 Å². The number of allylic oxidation sites excluding steroid dienone is 1. The maximum atomic E-state index is 13.2. The molecule has 2 atom stereocenters. The number of fused-ring (bicyclic) bond motifs is 2. The molecular formula is C24H24N6OS2. The number of hydrogen-bond acceptors (Lipinski definition) is 8. The fourth-order valence-electron chi connectivity index (χ4n) is 4.79. The predicted molar refractivity (Wildman–Crippen MR) is 131 cm³/mol. The Balaban J connectivity index is 1.28. The first-order valence-electron chi connectivity index (χ1n) is 11.0. The number of aromatic nitrogens is 3. The molecule has 5 rings (SSSR count). The van der Waals surface area contributed by atoms with Crippen LogP contribution in [0, 0.1) is 25.2 Å². The van der Waals surface area contributed by atoms with Crippen molar-refractivity contribution in [1.82, 2.24) is 19.9 Å². The van der Waals surface area contributed by atoms with Gasteiger partial charge in [0.05, 0.1) is 32.9 Å². The van der Waals surface area contributed by atoms with Gasteiger partial charge in [0, 0.05) is 29.2 Å². The lowest BCUT2D eigenvalue weighted by Gasteiger charge is -2.36. The maximum Gasteiger partial charge on any atom is 0.255 e. The number of carbonyl (C=O) groups excluding carboxylic acids is 1. The molecule has 0 unspecified atom stereocenters. The van der Waals surface area contributed by atoms with Gasteiger partial charge in [0.15, 0.2) is 5.13 Å². The second kappa shape index (κ2) is 8.69. The van der Waals surface area contributed by atoms with Crippen molar-refractivity contribution in [3.05, 3.63) is 51.1 Å². The number of thiazole rings is 2. The summed E-state index contributed by atoms with van der Waals surface area (Å²) >= 11 is 3.16. The molecule has 2 aliphatic rings. The van der Waals surface area contributed by atoms with Gasteiger partial charge in [-0.2, -0.15) is 5.26 Å². The molecule has 9 heteroatoms. The van der Waals surface area contributed by atoms with Gasteiger partial charge in [-0.1, -0.05) is 5.57 Å². The number of pyridine rings is 1. The summed E-state index contributed by atoms with van der Waals surface area (Å²) in [6.45, 7) is 5.88. The Kier molecular flexibility index (Phi) is 5.72. The SMILES string of the molecule is C/C(C#N)=C1/C[C@H]2CC[C@@H](C1)N2C(=O)c1ccc(Nc2nc(-c3sc(C)nc3C)cs2)nc1. The van der Waals surface area contributed by atoms with Crippen molar-refractivity contribution in [1.29, 1.82) is 5.26 Å². The van der Waals surface area contributed by atoms with E-state index in [1.54, 1.807) is 17.5 Å². The van der Waals surface area contributed by atoms with Crippen molar-refractivity contribution in [2.45, 2.75) is 58.5 Å². The first-order valence-corrected chi connectivity index (χ1v) is 12.7. The fraction of sp³-hybridized carbons (Fsp3) is 0.375. The number of aryl methyl sites for hydroxylation is 2. The Bertz CT molecular complexity index is 1270. The second-order valence-corrected chi connectivity index (χ2v) is 10.6. The quantitative estimate of drug-likeness (QED) is 0.491. The van der Waals surface area contributed by atoms with Crippen LogP contribution in [0.1, 0.15) is 53.7 Å². The van der Waals surface area contributed by atoms with E-state index in [1.165, 1.54) is 16.9 Å². The third-order valence-electron chi connectivity index (χ3n) is 6.40. The summed E-state index contributed by atoms with van der Waals surface area (Å²) in [5.41, 5.74) is 4.52. The molecule has 7 nitrogen and oxygen atoms in total. The van der Waals surface area contributed by atoms with E-state index in [0.717, 1.165) is 57.7 Å². The molecule has 33 heavy (non-hydrogen) atoms. The lowest BCUT2D eigenvalue weighted by atomic mass is 9.92. The highest BCUT2D eigenvalue weighted by Crippen LogP contribution is 2.40. The molecule has 0 spiro atoms. The number of nitrogens with zero attached hydrogens (tertiary/aromatic N) is 5. The summed E-state index contributed by atoms with van der Waals surface area (Å²) in [7, 11) is 0. The van der Waals surface area contributed by atoms with Crippen LogP contribution in [0.15, 0.2) is 34.9 Å². The number of rotatable bonds is 4. The van der Waals surface area contributed by atoms with Crippen LogP contribution in [0.4, 0.5) is 10.9 Å². The van der Waals surface area contributed by atoms with E-state index in [-0.39, 0.29) is 18.0 Å². The molecule has 3 aromatic rings. The van der Waals surface area contributed by atoms with Crippen molar-refractivity contribution in [3.8, 4) is 16.6 Å². The molecule has 3 aromatic heterocycles. The number of nitrogens with one attached hydrogen (secondary N) is 1. The first kappa shape index (κ1) is 21.7. The van der Waals surface area contributed by atoms with E-state index >= 15 is 0 Å². The second-order valence-electron chi connectivity index (χ2n) is 8.59. The Morgan fingerprint density at radius 1 is 1.21 bits per heavy atom. The van der Waals surface area contributed by atoms with E-state index in [2.05, 4.69) is 26.3 Å². The zero-order valence-corrected chi connectivity index (χ0v) is 20.4. The van der Waals surface area contributed by atoms with Gasteiger partial charge in [-0.3, -0.25) is 4.79 Å². The van der Waals surface area contributed by atoms with Crippen LogP contribution in [0.3, 0.4) is 0 Å². The van der Waals surface area contributed by atoms with E-state index in [4.69, 9.17) is 0 Å². The van der Waals surface area contributed by atoms with Gasteiger partial charge in [0.1, 0.15) is 5.82 Å². The highest BCUT2D eigenvalue weighted by atomic mass is 32.1. The van der Waals surface area contributed by atoms with Gasteiger partial charge in [0.2, 0.25) is 0 Å². The van der Waals surface area contributed by atoms with Crippen molar-refractivity contribution in [2.75, 3.05) is 5.32 Å². The predicted octanol–water partition coefficient (Wildman–Crippen LogP) is 5.63. The van der Waals surface area contributed by atoms with Gasteiger partial charge < -0.3 is 10.2 Å². The molecule has 0 aromatic carbocycles. The number of nitriles is 1. The molecule has 1 N–H and O–H groups in total. The molecule has 0 aliphatic carbocycles. The lowest BCUT2D eigenvalue weighted by Crippen LogP contribution is -2.44. The molecule has 0 saturated carbocycles. The Hall–Kier alpha value is -3.09. The summed E-state index contributed by atoms with van der Waals surface area (Å²) in [5, 5.41) is 16.3. The van der Waals surface area contributed by atoms with E-state index in [0.29, 0.717) is 11.4 Å². The highest BCUT2D eigenvalue weighted by Gasteiger charge is 2.42. The smallest absolute Gasteiger partial charge is 0.255 e. The minimum atomic E-state index is 0.0304. The van der Waals surface area contributed by atoms with Gasteiger partial charge >= 0.3 is 0 Å². The van der Waals surface area contributed by atoms with Crippen LogP contribution in [-0.4, -0.2) is 37.8 Å². The van der Waals surface area contributed by atoms with Crippen molar-refractivity contribution < 1.29 is 4.79 Å². The van der Waals surface area contributed by atoms with Crippen LogP contribution >= 0.6 is 22.7 Å². The molecule has 2 aliphatic heterocycles. The number of anilines is 2. The van der Waals surface area contributed by atoms with Crippen LogP contribution in [0.25, 0.3) is 10.6 Å². The summed E-state index contributed by atoms with van der Waals surface area (Å²) in [6, 6.07) is 6.29. The maximum absolute atomic E-state index is 13.2. The van der Waals surface area contributed by atoms with Crippen molar-refractivity contribution >= 4 is 39.5 Å². The van der Waals surface area contributed by atoms with Crippen molar-refractivity contribution in [3.63, 3.8) is 0 Å². The van der Waals surface area contributed by atoms with E-state index in [9.17, 15) is 10.1 Å². The number of amides is 1. The molecule has 168 valence electrons. The zero-order valence-electron chi connectivity index (χ0n) is 18.8. The normalized spacial score (nSPS) is 21.1. The van der Waals surface area contributed by atoms with Gasteiger partial charge in [-0.25, -0.2) is 15.0 Å². The molecule has 0 radical (unpaired) electrons. The molecule has 5 heterocycles. The Morgan fingerprint density at radius 2 is 1.97 bits per heavy atom. The Morgan fingerprint density at radius 3 is 2.58 bits per heavy atom. The summed E-state index contributed by atoms with van der Waals surface area (Å²) in [4.78, 5) is 30.0. The zero-order chi connectivity index (χ0) is 23.1.